The molecule has 1 aliphatic rings. The molecule has 1 heterocycles. The van der Waals surface area contributed by atoms with Crippen molar-refractivity contribution in [2.45, 2.75) is 0 Å². The topological polar surface area (TPSA) is 24.7 Å². The van der Waals surface area contributed by atoms with Gasteiger partial charge in [-0.1, -0.05) is 0 Å². The van der Waals surface area contributed by atoms with E-state index in [9.17, 15) is 0 Å². The maximum absolute atomic E-state index is 4.07. The van der Waals surface area contributed by atoms with Crippen LogP contribution < -0.4 is 0 Å². The van der Waals surface area contributed by atoms with Crippen LogP contribution in [0.5, 0.6) is 0 Å². The minimum atomic E-state index is 0.820. The molecule has 0 aromatic carbocycles. The van der Waals surface area contributed by atoms with Gasteiger partial charge >= 0.3 is 51.3 Å². The monoisotopic (exact) mass is 122 g/mol. The number of rotatable bonds is 0. The van der Waals surface area contributed by atoms with Gasteiger partial charge in [0.05, 0.1) is 0 Å². The number of aliphatic imine (C=N–C) groups is 1. The molecule has 0 radical (unpaired) electrons. The van der Waals surface area contributed by atoms with Crippen molar-refractivity contribution in [1.82, 2.24) is 0 Å². The molecule has 0 N–H and O–H groups in total. The van der Waals surface area contributed by atoms with Crippen LogP contribution in [0.15, 0.2) is 9.65 Å². The van der Waals surface area contributed by atoms with Crippen molar-refractivity contribution in [3.05, 3.63) is 0 Å². The second-order valence-electron chi connectivity index (χ2n) is 1.55. The Kier molecular flexibility index (Phi) is 1.91. The Morgan fingerprint density at radius 3 is 3.12 bits per heavy atom. The Balaban J connectivity index is 2.69. The van der Waals surface area contributed by atoms with Crippen LogP contribution in [-0.4, -0.2) is 41.7 Å². The molecular formula is C4H7BN2Si. The van der Waals surface area contributed by atoms with Crippen molar-refractivity contribution in [3.63, 3.8) is 0 Å². The summed E-state index contributed by atoms with van der Waals surface area (Å²) in [5.41, 5.74) is 1.02. The van der Waals surface area contributed by atoms with Gasteiger partial charge < -0.3 is 0 Å². The van der Waals surface area contributed by atoms with Crippen LogP contribution in [-0.2, 0) is 0 Å². The van der Waals surface area contributed by atoms with E-state index in [4.69, 9.17) is 0 Å². The average Bonchev–Trinajstić information content (AvgIpc) is 1.90. The Morgan fingerprint density at radius 2 is 2.75 bits per heavy atom. The molecule has 0 aliphatic carbocycles. The molecule has 0 aromatic rings. The molecule has 8 heavy (non-hydrogen) atoms. The average molecular weight is 122 g/mol. The summed E-state index contributed by atoms with van der Waals surface area (Å²) in [6, 6.07) is 0. The second kappa shape index (κ2) is 2.72. The van der Waals surface area contributed by atoms with Gasteiger partial charge in [0, 0.05) is 0 Å². The molecule has 1 rings (SSSR count). The van der Waals surface area contributed by atoms with E-state index in [1.54, 1.807) is 0 Å². The molecular weight excluding hydrogens is 115 g/mol. The fourth-order valence-corrected chi connectivity index (χ4v) is 0.820. The van der Waals surface area contributed by atoms with Crippen LogP contribution in [0.3, 0.4) is 0 Å². The van der Waals surface area contributed by atoms with Gasteiger partial charge in [-0.15, -0.1) is 0 Å². The minimum absolute atomic E-state index is 0.820. The summed E-state index contributed by atoms with van der Waals surface area (Å²) in [4.78, 5) is 4.01. The van der Waals surface area contributed by atoms with Crippen LogP contribution in [0.2, 0.25) is 0 Å². The van der Waals surface area contributed by atoms with Gasteiger partial charge in [0.15, 0.2) is 0 Å². The molecule has 1 aliphatic heterocycles. The van der Waals surface area contributed by atoms with E-state index in [2.05, 4.69) is 9.65 Å². The van der Waals surface area contributed by atoms with E-state index in [1.165, 1.54) is 0 Å². The molecule has 0 bridgehead atoms. The van der Waals surface area contributed by atoms with E-state index >= 15 is 0 Å². The standard InChI is InChI=1S/C4H7BN2Si/c8-7-4-3-6-2-1-5-4/h1,3H,2H2,8H3. The van der Waals surface area contributed by atoms with Crippen molar-refractivity contribution in [1.29, 1.82) is 0 Å². The molecule has 0 saturated carbocycles. The van der Waals surface area contributed by atoms with E-state index in [0.29, 0.717) is 0 Å². The molecule has 0 unspecified atom stereocenters. The van der Waals surface area contributed by atoms with Crippen molar-refractivity contribution in [2.24, 2.45) is 9.65 Å². The first kappa shape index (κ1) is 5.63. The van der Waals surface area contributed by atoms with Gasteiger partial charge in [-0.3, -0.25) is 0 Å². The summed E-state index contributed by atoms with van der Waals surface area (Å²) in [6.07, 6.45) is 1.81. The van der Waals surface area contributed by atoms with Crippen LogP contribution in [0, 0.1) is 0 Å². The first-order chi connectivity index (χ1) is 3.93. The normalized spacial score (nSPS) is 21.8. The quantitative estimate of drug-likeness (QED) is 0.340. The molecule has 0 amide bonds. The molecule has 0 atom stereocenters. The van der Waals surface area contributed by atoms with Crippen LogP contribution in [0.1, 0.15) is 0 Å². The third-order valence-corrected chi connectivity index (χ3v) is 1.50. The van der Waals surface area contributed by atoms with Crippen LogP contribution in [0.4, 0.5) is 0 Å². The summed E-state index contributed by atoms with van der Waals surface area (Å²) >= 11 is 0. The number of hydrogen-bond acceptors (Lipinski definition) is 2. The van der Waals surface area contributed by atoms with Crippen molar-refractivity contribution >= 4 is 35.1 Å². The molecule has 0 fully saturated rings. The zero-order chi connectivity index (χ0) is 5.82. The predicted octanol–water partition coefficient (Wildman–Crippen LogP) is -1.74. The van der Waals surface area contributed by atoms with E-state index < -0.39 is 0 Å². The Labute approximate surface area is 52.1 Å². The van der Waals surface area contributed by atoms with Gasteiger partial charge in [0.2, 0.25) is 0 Å². The van der Waals surface area contributed by atoms with Gasteiger partial charge in [0.1, 0.15) is 0 Å². The van der Waals surface area contributed by atoms with E-state index in [-0.39, 0.29) is 0 Å². The molecule has 0 saturated heterocycles. The van der Waals surface area contributed by atoms with Gasteiger partial charge in [-0.25, -0.2) is 0 Å². The van der Waals surface area contributed by atoms with Gasteiger partial charge in [-0.05, 0) is 0 Å². The summed E-state index contributed by atoms with van der Waals surface area (Å²) in [5.74, 6) is 2.01. The third kappa shape index (κ3) is 1.23. The maximum atomic E-state index is 4.07. The fourth-order valence-electron chi connectivity index (χ4n) is 0.556. The van der Waals surface area contributed by atoms with Crippen molar-refractivity contribution in [3.8, 4) is 0 Å². The zero-order valence-corrected chi connectivity index (χ0v) is 6.83. The van der Waals surface area contributed by atoms with Gasteiger partial charge in [0.25, 0.3) is 0 Å². The molecule has 4 heteroatoms. The van der Waals surface area contributed by atoms with Crippen molar-refractivity contribution < 1.29 is 0 Å². The predicted molar refractivity (Wildman–Crippen MR) is 42.6 cm³/mol. The van der Waals surface area contributed by atoms with Crippen molar-refractivity contribution in [2.75, 3.05) is 6.54 Å². The molecule has 0 aromatic heterocycles. The first-order valence-corrected chi connectivity index (χ1v) is 3.46. The third-order valence-electron chi connectivity index (χ3n) is 0.981. The van der Waals surface area contributed by atoms with Crippen LogP contribution in [0.25, 0.3) is 0 Å². The number of hydrogen-bond donors (Lipinski definition) is 0. The van der Waals surface area contributed by atoms with Gasteiger partial charge in [-0.2, -0.15) is 0 Å². The van der Waals surface area contributed by atoms with E-state index in [0.717, 1.165) is 22.6 Å². The zero-order valence-electron chi connectivity index (χ0n) is 4.83. The summed E-state index contributed by atoms with van der Waals surface area (Å²) < 4.78 is 4.07. The molecule has 2 nitrogen and oxygen atoms in total. The first-order valence-electron chi connectivity index (χ1n) is 2.56. The Bertz CT molecular complexity index is 147. The Morgan fingerprint density at radius 1 is 1.88 bits per heavy atom. The Hall–Kier alpha value is -0.508. The van der Waals surface area contributed by atoms with E-state index in [1.807, 2.05) is 19.1 Å². The second-order valence-corrected chi connectivity index (χ2v) is 1.99. The number of nitrogens with zero attached hydrogens (tertiary/aromatic N) is 2. The summed E-state index contributed by atoms with van der Waals surface area (Å²) in [6.45, 7) is 2.82. The summed E-state index contributed by atoms with van der Waals surface area (Å²) in [5, 5.41) is 0. The SMILES string of the molecule is [SiH3]N=C1B=CCN=C1. The molecule has 0 spiro atoms. The van der Waals surface area contributed by atoms with Crippen LogP contribution >= 0.6 is 0 Å². The molecule has 40 valence electrons. The summed E-state index contributed by atoms with van der Waals surface area (Å²) in [7, 11) is 0.875. The fraction of sp³-hybridized carbons (Fsp3) is 0.250.